The summed E-state index contributed by atoms with van der Waals surface area (Å²) in [5, 5.41) is 5.61. The Labute approximate surface area is 169 Å². The lowest BCUT2D eigenvalue weighted by atomic mass is 9.97. The molecule has 4 rings (SSSR count). The second-order valence-corrected chi connectivity index (χ2v) is 7.12. The van der Waals surface area contributed by atoms with Crippen LogP contribution in [0.25, 0.3) is 10.8 Å². The van der Waals surface area contributed by atoms with E-state index in [9.17, 15) is 4.79 Å². The number of anilines is 4. The van der Waals surface area contributed by atoms with Crippen molar-refractivity contribution in [2.45, 2.75) is 19.8 Å². The molecule has 1 saturated heterocycles. The molecule has 150 valence electrons. The quantitative estimate of drug-likeness (QED) is 0.640. The molecule has 0 atom stereocenters. The van der Waals surface area contributed by atoms with Crippen molar-refractivity contribution in [1.82, 2.24) is 9.97 Å². The molecule has 3 aromatic rings. The van der Waals surface area contributed by atoms with Gasteiger partial charge in [-0.2, -0.15) is 0 Å². The van der Waals surface area contributed by atoms with Crippen LogP contribution in [0.4, 0.5) is 23.0 Å². The van der Waals surface area contributed by atoms with Gasteiger partial charge in [0.25, 0.3) is 0 Å². The van der Waals surface area contributed by atoms with Gasteiger partial charge in [0.1, 0.15) is 12.0 Å². The van der Waals surface area contributed by atoms with E-state index in [1.165, 1.54) is 6.33 Å². The molecular weight excluding hydrogens is 366 g/mol. The first-order valence-electron chi connectivity index (χ1n) is 9.94. The summed E-state index contributed by atoms with van der Waals surface area (Å²) in [4.78, 5) is 22.8. The molecule has 1 aromatic heterocycles. The molecule has 0 radical (unpaired) electrons. The van der Waals surface area contributed by atoms with Gasteiger partial charge in [-0.05, 0) is 31.2 Å². The predicted molar refractivity (Wildman–Crippen MR) is 115 cm³/mol. The Bertz CT molecular complexity index is 1010. The summed E-state index contributed by atoms with van der Waals surface area (Å²) in [5.41, 5.74) is 7.88. The summed E-state index contributed by atoms with van der Waals surface area (Å²) >= 11 is 0. The Balaban J connectivity index is 1.53. The maximum atomic E-state index is 12.0. The molecule has 2 heterocycles. The molecule has 0 bridgehead atoms. The third kappa shape index (κ3) is 3.94. The predicted octanol–water partition coefficient (Wildman–Crippen LogP) is 3.74. The van der Waals surface area contributed by atoms with Gasteiger partial charge in [-0.1, -0.05) is 36.4 Å². The second kappa shape index (κ2) is 8.34. The molecular formula is C22H25N5O2. The highest BCUT2D eigenvalue weighted by molar-refractivity contribution is 5.96. The first-order valence-corrected chi connectivity index (χ1v) is 9.94. The smallest absolute Gasteiger partial charge is 0.309 e. The number of benzene rings is 2. The fourth-order valence-corrected chi connectivity index (χ4v) is 3.79. The van der Waals surface area contributed by atoms with Gasteiger partial charge in [-0.3, -0.25) is 4.79 Å². The average Bonchev–Trinajstić information content (AvgIpc) is 2.76. The van der Waals surface area contributed by atoms with Crippen molar-refractivity contribution in [3.05, 3.63) is 48.8 Å². The molecule has 0 saturated carbocycles. The van der Waals surface area contributed by atoms with E-state index >= 15 is 0 Å². The lowest BCUT2D eigenvalue weighted by Crippen LogP contribution is -2.37. The van der Waals surface area contributed by atoms with Crippen LogP contribution in [0.1, 0.15) is 19.8 Å². The van der Waals surface area contributed by atoms with E-state index in [1.807, 2.05) is 31.2 Å². The van der Waals surface area contributed by atoms with E-state index in [0.29, 0.717) is 37.0 Å². The number of nitrogens with zero attached hydrogens (tertiary/aromatic N) is 3. The molecule has 0 amide bonds. The Kier molecular flexibility index (Phi) is 5.46. The summed E-state index contributed by atoms with van der Waals surface area (Å²) in [6.45, 7) is 3.66. The van der Waals surface area contributed by atoms with Gasteiger partial charge in [0.2, 0.25) is 0 Å². The summed E-state index contributed by atoms with van der Waals surface area (Å²) in [5.74, 6) is 1.12. The maximum absolute atomic E-state index is 12.0. The Morgan fingerprint density at radius 3 is 2.72 bits per heavy atom. The first kappa shape index (κ1) is 19.0. The highest BCUT2D eigenvalue weighted by Gasteiger charge is 2.28. The van der Waals surface area contributed by atoms with Crippen molar-refractivity contribution in [3.63, 3.8) is 0 Å². The number of fused-ring (bicyclic) bond motifs is 1. The van der Waals surface area contributed by atoms with Crippen LogP contribution >= 0.6 is 0 Å². The molecule has 0 unspecified atom stereocenters. The van der Waals surface area contributed by atoms with Gasteiger partial charge in [0.05, 0.1) is 12.5 Å². The average molecular weight is 391 g/mol. The van der Waals surface area contributed by atoms with E-state index in [-0.39, 0.29) is 11.9 Å². The molecule has 7 heteroatoms. The topological polar surface area (TPSA) is 93.4 Å². The van der Waals surface area contributed by atoms with E-state index < -0.39 is 0 Å². The lowest BCUT2D eigenvalue weighted by Gasteiger charge is -2.32. The maximum Gasteiger partial charge on any atom is 0.309 e. The van der Waals surface area contributed by atoms with Crippen LogP contribution < -0.4 is 16.0 Å². The van der Waals surface area contributed by atoms with Crippen LogP contribution in [0.5, 0.6) is 0 Å². The Hall–Kier alpha value is -3.35. The summed E-state index contributed by atoms with van der Waals surface area (Å²) in [6.07, 6.45) is 2.99. The van der Waals surface area contributed by atoms with Gasteiger partial charge < -0.3 is 20.7 Å². The van der Waals surface area contributed by atoms with Crippen LogP contribution in [0.3, 0.4) is 0 Å². The minimum absolute atomic E-state index is 0.0532. The fourth-order valence-electron chi connectivity index (χ4n) is 3.79. The Morgan fingerprint density at radius 2 is 1.93 bits per heavy atom. The number of nitrogens with two attached hydrogens (primary N) is 1. The number of hydrogen-bond donors (Lipinski definition) is 2. The molecule has 0 spiro atoms. The van der Waals surface area contributed by atoms with Crippen LogP contribution in [-0.4, -0.2) is 35.6 Å². The molecule has 7 nitrogen and oxygen atoms in total. The minimum atomic E-state index is -0.110. The number of carbonyl (C=O) groups is 1. The standard InChI is InChI=1S/C22H25N5O2/c1-2-29-22(28)16-10-12-27(13-11-16)21-19(23)20(24-14-25-21)26-18-9-5-7-15-6-3-4-8-17(15)18/h3-9,14,16H,2,10-13,23H2,1H3,(H,24,25,26). The molecule has 1 aliphatic rings. The molecule has 0 aliphatic carbocycles. The summed E-state index contributed by atoms with van der Waals surface area (Å²) in [7, 11) is 0. The van der Waals surface area contributed by atoms with Crippen molar-refractivity contribution >= 4 is 39.8 Å². The molecule has 3 N–H and O–H groups in total. The number of carbonyl (C=O) groups excluding carboxylic acids is 1. The number of aromatic nitrogens is 2. The van der Waals surface area contributed by atoms with Gasteiger partial charge >= 0.3 is 5.97 Å². The van der Waals surface area contributed by atoms with Crippen LogP contribution in [0.2, 0.25) is 0 Å². The monoisotopic (exact) mass is 391 g/mol. The number of rotatable bonds is 5. The van der Waals surface area contributed by atoms with Crippen molar-refractivity contribution in [2.24, 2.45) is 5.92 Å². The first-order chi connectivity index (χ1) is 14.2. The van der Waals surface area contributed by atoms with Crippen LogP contribution in [0.15, 0.2) is 48.8 Å². The lowest BCUT2D eigenvalue weighted by molar-refractivity contribution is -0.148. The van der Waals surface area contributed by atoms with Crippen molar-refractivity contribution in [2.75, 3.05) is 35.6 Å². The number of nitrogen functional groups attached to an aromatic ring is 1. The number of ether oxygens (including phenoxy) is 1. The van der Waals surface area contributed by atoms with Crippen LogP contribution in [0, 0.1) is 5.92 Å². The highest BCUT2D eigenvalue weighted by atomic mass is 16.5. The third-order valence-electron chi connectivity index (χ3n) is 5.32. The number of esters is 1. The summed E-state index contributed by atoms with van der Waals surface area (Å²) < 4.78 is 5.15. The fraction of sp³-hybridized carbons (Fsp3) is 0.318. The number of piperidine rings is 1. The van der Waals surface area contributed by atoms with Crippen molar-refractivity contribution < 1.29 is 9.53 Å². The molecule has 1 fully saturated rings. The van der Waals surface area contributed by atoms with E-state index in [4.69, 9.17) is 10.5 Å². The largest absolute Gasteiger partial charge is 0.466 e. The van der Waals surface area contributed by atoms with Crippen molar-refractivity contribution in [3.8, 4) is 0 Å². The van der Waals surface area contributed by atoms with Gasteiger partial charge in [0, 0.05) is 24.2 Å². The van der Waals surface area contributed by atoms with E-state index in [0.717, 1.165) is 29.3 Å². The van der Waals surface area contributed by atoms with E-state index in [1.54, 1.807) is 0 Å². The van der Waals surface area contributed by atoms with E-state index in [2.05, 4.69) is 38.4 Å². The third-order valence-corrected chi connectivity index (χ3v) is 5.32. The zero-order valence-electron chi connectivity index (χ0n) is 16.5. The number of nitrogens with one attached hydrogen (secondary N) is 1. The SMILES string of the molecule is CCOC(=O)C1CCN(c2ncnc(Nc3cccc4ccccc34)c2N)CC1. The Morgan fingerprint density at radius 1 is 1.17 bits per heavy atom. The minimum Gasteiger partial charge on any atom is -0.466 e. The number of hydrogen-bond acceptors (Lipinski definition) is 7. The van der Waals surface area contributed by atoms with Crippen molar-refractivity contribution in [1.29, 1.82) is 0 Å². The van der Waals surface area contributed by atoms with Crippen LogP contribution in [-0.2, 0) is 9.53 Å². The van der Waals surface area contributed by atoms with Gasteiger partial charge in [-0.15, -0.1) is 0 Å². The highest BCUT2D eigenvalue weighted by Crippen LogP contribution is 2.33. The normalized spacial score (nSPS) is 14.7. The second-order valence-electron chi connectivity index (χ2n) is 7.12. The zero-order chi connectivity index (χ0) is 20.2. The van der Waals surface area contributed by atoms with Gasteiger partial charge in [-0.25, -0.2) is 9.97 Å². The molecule has 1 aliphatic heterocycles. The zero-order valence-corrected chi connectivity index (χ0v) is 16.5. The molecule has 2 aromatic carbocycles. The summed E-state index contributed by atoms with van der Waals surface area (Å²) in [6, 6.07) is 14.2. The molecule has 29 heavy (non-hydrogen) atoms. The van der Waals surface area contributed by atoms with Gasteiger partial charge in [0.15, 0.2) is 11.6 Å².